The van der Waals surface area contributed by atoms with Gasteiger partial charge in [-0.25, -0.2) is 8.78 Å². The van der Waals surface area contributed by atoms with Crippen molar-refractivity contribution in [1.82, 2.24) is 0 Å². The van der Waals surface area contributed by atoms with E-state index in [1.807, 2.05) is 6.92 Å². The van der Waals surface area contributed by atoms with E-state index in [0.29, 0.717) is 0 Å². The lowest BCUT2D eigenvalue weighted by atomic mass is 9.83. The molecule has 0 aromatic rings. The second kappa shape index (κ2) is 5.08. The maximum absolute atomic E-state index is 12.7. The van der Waals surface area contributed by atoms with E-state index in [1.54, 1.807) is 13.8 Å². The first-order valence-corrected chi connectivity index (χ1v) is 5.45. The number of carbonyl (C=O) groups is 1. The third-order valence-corrected chi connectivity index (χ3v) is 3.22. The molecule has 94 valence electrons. The summed E-state index contributed by atoms with van der Waals surface area (Å²) in [6.45, 7) is 6.49. The maximum atomic E-state index is 12.7. The molecule has 1 rings (SSSR count). The third-order valence-electron chi connectivity index (χ3n) is 3.22. The van der Waals surface area contributed by atoms with Gasteiger partial charge in [0.15, 0.2) is 0 Å². The molecule has 3 nitrogen and oxygen atoms in total. The van der Waals surface area contributed by atoms with Crippen molar-refractivity contribution in [1.29, 1.82) is 0 Å². The van der Waals surface area contributed by atoms with Crippen LogP contribution >= 0.6 is 0 Å². The molecule has 0 spiro atoms. The summed E-state index contributed by atoms with van der Waals surface area (Å²) < 4.78 is 35.8. The number of alkyl halides is 2. The first kappa shape index (κ1) is 13.4. The average Bonchev–Trinajstić information content (AvgIpc) is 2.17. The molecule has 0 aliphatic carbocycles. The molecule has 0 aromatic heterocycles. The molecule has 1 fully saturated rings. The van der Waals surface area contributed by atoms with Crippen molar-refractivity contribution in [3.63, 3.8) is 0 Å². The lowest BCUT2D eigenvalue weighted by Crippen LogP contribution is -2.52. The van der Waals surface area contributed by atoms with Crippen LogP contribution in [-0.4, -0.2) is 30.7 Å². The smallest absolute Gasteiger partial charge is 0.302 e. The van der Waals surface area contributed by atoms with Gasteiger partial charge in [0, 0.05) is 18.8 Å². The molecule has 0 N–H and O–H groups in total. The number of hydrogen-bond acceptors (Lipinski definition) is 3. The summed E-state index contributed by atoms with van der Waals surface area (Å²) in [5.41, 5.74) is 0. The highest BCUT2D eigenvalue weighted by Gasteiger charge is 2.45. The summed E-state index contributed by atoms with van der Waals surface area (Å²) in [5, 5.41) is 0. The zero-order valence-electron chi connectivity index (χ0n) is 9.94. The average molecular weight is 236 g/mol. The van der Waals surface area contributed by atoms with Crippen LogP contribution in [0.5, 0.6) is 0 Å². The van der Waals surface area contributed by atoms with Crippen LogP contribution in [0.15, 0.2) is 0 Å². The van der Waals surface area contributed by atoms with Crippen molar-refractivity contribution in [2.75, 3.05) is 0 Å². The van der Waals surface area contributed by atoms with Crippen LogP contribution in [0.2, 0.25) is 0 Å². The Hall–Kier alpha value is -0.710. The van der Waals surface area contributed by atoms with E-state index in [1.165, 1.54) is 6.92 Å². The fourth-order valence-corrected chi connectivity index (χ4v) is 2.12. The number of carbonyl (C=O) groups excluding carboxylic acids is 1. The SMILES string of the molecule is CC(=O)OC1[C@H](C)C(C(F)F)O[C@H](C)[C@H]1C. The molecule has 0 aromatic carbocycles. The van der Waals surface area contributed by atoms with Gasteiger partial charge in [-0.3, -0.25) is 4.79 Å². The Morgan fingerprint density at radius 2 is 1.81 bits per heavy atom. The van der Waals surface area contributed by atoms with E-state index in [-0.39, 0.29) is 12.0 Å². The highest BCUT2D eigenvalue weighted by molar-refractivity contribution is 5.66. The molecular weight excluding hydrogens is 218 g/mol. The molecule has 0 radical (unpaired) electrons. The number of esters is 1. The Kier molecular flexibility index (Phi) is 4.24. The van der Waals surface area contributed by atoms with Gasteiger partial charge in [-0.05, 0) is 6.92 Å². The molecule has 2 unspecified atom stereocenters. The van der Waals surface area contributed by atoms with Gasteiger partial charge in [0.2, 0.25) is 0 Å². The number of ether oxygens (including phenoxy) is 2. The van der Waals surface area contributed by atoms with Crippen molar-refractivity contribution >= 4 is 5.97 Å². The molecule has 0 saturated carbocycles. The number of rotatable bonds is 2. The highest BCUT2D eigenvalue weighted by atomic mass is 19.3. The van der Waals surface area contributed by atoms with Crippen LogP contribution in [0.1, 0.15) is 27.7 Å². The second-order valence-corrected chi connectivity index (χ2v) is 4.43. The van der Waals surface area contributed by atoms with Crippen molar-refractivity contribution in [2.45, 2.75) is 52.4 Å². The summed E-state index contributed by atoms with van der Waals surface area (Å²) in [5.74, 6) is -1.00. The van der Waals surface area contributed by atoms with E-state index >= 15 is 0 Å². The van der Waals surface area contributed by atoms with E-state index in [4.69, 9.17) is 9.47 Å². The first-order valence-electron chi connectivity index (χ1n) is 5.45. The molecule has 1 saturated heterocycles. The van der Waals surface area contributed by atoms with Gasteiger partial charge in [0.25, 0.3) is 6.43 Å². The number of halogens is 2. The fourth-order valence-electron chi connectivity index (χ4n) is 2.12. The van der Waals surface area contributed by atoms with E-state index in [0.717, 1.165) is 0 Å². The van der Waals surface area contributed by atoms with Crippen molar-refractivity contribution in [3.05, 3.63) is 0 Å². The highest BCUT2D eigenvalue weighted by Crippen LogP contribution is 2.34. The Morgan fingerprint density at radius 3 is 2.25 bits per heavy atom. The van der Waals surface area contributed by atoms with Crippen LogP contribution in [0.4, 0.5) is 8.78 Å². The molecule has 0 amide bonds. The minimum atomic E-state index is -2.55. The zero-order valence-corrected chi connectivity index (χ0v) is 9.94. The summed E-state index contributed by atoms with van der Waals surface area (Å²) in [7, 11) is 0. The molecule has 0 bridgehead atoms. The van der Waals surface area contributed by atoms with Crippen LogP contribution in [0.3, 0.4) is 0 Å². The largest absolute Gasteiger partial charge is 0.462 e. The lowest BCUT2D eigenvalue weighted by Gasteiger charge is -2.42. The molecule has 5 atom stereocenters. The number of hydrogen-bond donors (Lipinski definition) is 0. The summed E-state index contributed by atoms with van der Waals surface area (Å²) in [4.78, 5) is 10.9. The first-order chi connectivity index (χ1) is 7.34. The zero-order chi connectivity index (χ0) is 12.5. The topological polar surface area (TPSA) is 35.5 Å². The van der Waals surface area contributed by atoms with Gasteiger partial charge < -0.3 is 9.47 Å². The van der Waals surface area contributed by atoms with Crippen molar-refractivity contribution < 1.29 is 23.0 Å². The van der Waals surface area contributed by atoms with E-state index < -0.39 is 30.5 Å². The summed E-state index contributed by atoms with van der Waals surface area (Å²) in [6, 6.07) is 0. The third kappa shape index (κ3) is 2.70. The fraction of sp³-hybridized carbons (Fsp3) is 0.909. The Morgan fingerprint density at radius 1 is 1.25 bits per heavy atom. The van der Waals surface area contributed by atoms with Gasteiger partial charge >= 0.3 is 5.97 Å². The molecule has 1 aliphatic heterocycles. The second-order valence-electron chi connectivity index (χ2n) is 4.43. The van der Waals surface area contributed by atoms with Gasteiger partial charge in [-0.15, -0.1) is 0 Å². The summed E-state index contributed by atoms with van der Waals surface area (Å²) >= 11 is 0. The normalized spacial score (nSPS) is 39.8. The van der Waals surface area contributed by atoms with E-state index in [2.05, 4.69) is 0 Å². The predicted molar refractivity (Wildman–Crippen MR) is 54.2 cm³/mol. The molecule has 1 aliphatic rings. The van der Waals surface area contributed by atoms with Crippen LogP contribution < -0.4 is 0 Å². The molecule has 5 heteroatoms. The van der Waals surface area contributed by atoms with Gasteiger partial charge in [-0.1, -0.05) is 13.8 Å². The van der Waals surface area contributed by atoms with Crippen LogP contribution in [0.25, 0.3) is 0 Å². The standard InChI is InChI=1S/C11H18F2O3/c1-5-7(3)15-10(11(12)13)6(2)9(5)16-8(4)14/h5-7,9-11H,1-4H3/t5-,6+,7-,9?,10?/m1/s1. The molecular formula is C11H18F2O3. The minimum absolute atomic E-state index is 0.0751. The van der Waals surface area contributed by atoms with Gasteiger partial charge in [-0.2, -0.15) is 0 Å². The Labute approximate surface area is 94.1 Å². The lowest BCUT2D eigenvalue weighted by molar-refractivity contribution is -0.210. The quantitative estimate of drug-likeness (QED) is 0.690. The van der Waals surface area contributed by atoms with Crippen molar-refractivity contribution in [3.8, 4) is 0 Å². The van der Waals surface area contributed by atoms with Crippen LogP contribution in [-0.2, 0) is 14.3 Å². The predicted octanol–water partition coefficient (Wildman–Crippen LogP) is 2.24. The van der Waals surface area contributed by atoms with E-state index in [9.17, 15) is 13.6 Å². The van der Waals surface area contributed by atoms with Gasteiger partial charge in [0.05, 0.1) is 6.10 Å². The monoisotopic (exact) mass is 236 g/mol. The minimum Gasteiger partial charge on any atom is -0.462 e. The van der Waals surface area contributed by atoms with Crippen LogP contribution in [0, 0.1) is 11.8 Å². The van der Waals surface area contributed by atoms with Crippen molar-refractivity contribution in [2.24, 2.45) is 11.8 Å². The molecule has 1 heterocycles. The summed E-state index contributed by atoms with van der Waals surface area (Å²) in [6.07, 6.45) is -4.54. The Balaban J connectivity index is 2.81. The molecule has 16 heavy (non-hydrogen) atoms. The van der Waals surface area contributed by atoms with Gasteiger partial charge in [0.1, 0.15) is 12.2 Å². The maximum Gasteiger partial charge on any atom is 0.302 e. The Bertz CT molecular complexity index is 258.